The Kier molecular flexibility index (Phi) is 4.57. The Morgan fingerprint density at radius 1 is 1.19 bits per heavy atom. The van der Waals surface area contributed by atoms with Gasteiger partial charge in [-0.1, -0.05) is 17.3 Å². The number of hydrogen-bond acceptors (Lipinski definition) is 6. The lowest BCUT2D eigenvalue weighted by atomic mass is 10.1. The van der Waals surface area contributed by atoms with Gasteiger partial charge in [-0.3, -0.25) is 0 Å². The summed E-state index contributed by atoms with van der Waals surface area (Å²) in [6, 6.07) is 10.3. The molecule has 0 radical (unpaired) electrons. The van der Waals surface area contributed by atoms with Crippen LogP contribution in [0.4, 0.5) is 0 Å². The van der Waals surface area contributed by atoms with Gasteiger partial charge in [0.25, 0.3) is 5.89 Å². The second-order valence-electron chi connectivity index (χ2n) is 6.82. The zero-order valence-corrected chi connectivity index (χ0v) is 15.3. The summed E-state index contributed by atoms with van der Waals surface area (Å²) in [4.78, 5) is 4.50. The summed E-state index contributed by atoms with van der Waals surface area (Å²) in [6.45, 7) is 7.62. The number of aromatic nitrogens is 4. The van der Waals surface area contributed by atoms with Gasteiger partial charge in [0.1, 0.15) is 6.10 Å². The lowest BCUT2D eigenvalue weighted by molar-refractivity contribution is -0.0438. The van der Waals surface area contributed by atoms with Gasteiger partial charge in [-0.05, 0) is 44.5 Å². The van der Waals surface area contributed by atoms with Crippen molar-refractivity contribution in [2.45, 2.75) is 39.4 Å². The fourth-order valence-electron chi connectivity index (χ4n) is 3.24. The number of rotatable bonds is 4. The van der Waals surface area contributed by atoms with E-state index in [1.165, 1.54) is 0 Å². The minimum atomic E-state index is -0.173. The van der Waals surface area contributed by atoms with Gasteiger partial charge >= 0.3 is 0 Å². The normalized spacial score (nSPS) is 20.4. The van der Waals surface area contributed by atoms with Crippen molar-refractivity contribution in [1.82, 2.24) is 25.2 Å². The second kappa shape index (κ2) is 7.01. The molecule has 1 aromatic carbocycles. The number of benzene rings is 1. The Labute approximate surface area is 152 Å². The van der Waals surface area contributed by atoms with E-state index in [9.17, 15) is 0 Å². The summed E-state index contributed by atoms with van der Waals surface area (Å²) >= 11 is 0. The summed E-state index contributed by atoms with van der Waals surface area (Å²) in [6.07, 6.45) is 0.593. The van der Waals surface area contributed by atoms with E-state index in [1.54, 1.807) is 0 Å². The highest BCUT2D eigenvalue weighted by Crippen LogP contribution is 2.20. The molecule has 0 saturated carbocycles. The number of nitrogens with zero attached hydrogens (tertiary/aromatic N) is 4. The fraction of sp³-hybridized carbons (Fsp3) is 0.421. The van der Waals surface area contributed by atoms with E-state index in [0.29, 0.717) is 24.7 Å². The average molecular weight is 353 g/mol. The molecule has 2 aromatic heterocycles. The predicted octanol–water partition coefficient (Wildman–Crippen LogP) is 2.51. The molecule has 26 heavy (non-hydrogen) atoms. The van der Waals surface area contributed by atoms with Crippen LogP contribution in [0.25, 0.3) is 5.69 Å². The predicted molar refractivity (Wildman–Crippen MR) is 96.3 cm³/mol. The first-order valence-corrected chi connectivity index (χ1v) is 8.90. The molecule has 136 valence electrons. The van der Waals surface area contributed by atoms with Crippen molar-refractivity contribution < 1.29 is 9.26 Å². The van der Waals surface area contributed by atoms with Crippen molar-refractivity contribution >= 4 is 0 Å². The Morgan fingerprint density at radius 2 is 2.00 bits per heavy atom. The molecule has 7 nitrogen and oxygen atoms in total. The van der Waals surface area contributed by atoms with Crippen LogP contribution in [-0.2, 0) is 11.2 Å². The van der Waals surface area contributed by atoms with E-state index in [1.807, 2.05) is 18.5 Å². The van der Waals surface area contributed by atoms with E-state index in [0.717, 1.165) is 29.2 Å². The SMILES string of the molecule is Cc1cc(C)n(-c2ccc(Cc3noc([C@H]4CNC[C@@H](C)O4)n3)cc2)n1. The van der Waals surface area contributed by atoms with Crippen LogP contribution < -0.4 is 5.32 Å². The van der Waals surface area contributed by atoms with Crippen molar-refractivity contribution in [2.75, 3.05) is 13.1 Å². The number of morpholine rings is 1. The topological polar surface area (TPSA) is 78.0 Å². The van der Waals surface area contributed by atoms with Gasteiger partial charge in [-0.2, -0.15) is 10.1 Å². The van der Waals surface area contributed by atoms with Crippen molar-refractivity contribution in [3.63, 3.8) is 0 Å². The lowest BCUT2D eigenvalue weighted by Crippen LogP contribution is -2.39. The van der Waals surface area contributed by atoms with E-state index in [4.69, 9.17) is 9.26 Å². The minimum absolute atomic E-state index is 0.144. The van der Waals surface area contributed by atoms with Crippen LogP contribution in [-0.4, -0.2) is 39.1 Å². The molecule has 0 amide bonds. The molecule has 1 aliphatic rings. The summed E-state index contributed by atoms with van der Waals surface area (Å²) in [7, 11) is 0. The number of aryl methyl sites for hydroxylation is 2. The fourth-order valence-corrected chi connectivity index (χ4v) is 3.24. The van der Waals surface area contributed by atoms with Crippen molar-refractivity contribution in [2.24, 2.45) is 0 Å². The summed E-state index contributed by atoms with van der Waals surface area (Å²) < 4.78 is 13.2. The quantitative estimate of drug-likeness (QED) is 0.776. The first-order chi connectivity index (χ1) is 12.6. The van der Waals surface area contributed by atoms with Gasteiger partial charge in [0.05, 0.1) is 17.5 Å². The van der Waals surface area contributed by atoms with Crippen molar-refractivity contribution in [1.29, 1.82) is 0 Å². The number of hydrogen-bond donors (Lipinski definition) is 1. The third-order valence-corrected chi connectivity index (χ3v) is 4.47. The highest BCUT2D eigenvalue weighted by molar-refractivity contribution is 5.36. The highest BCUT2D eigenvalue weighted by Gasteiger charge is 2.25. The third-order valence-electron chi connectivity index (χ3n) is 4.47. The number of nitrogens with one attached hydrogen (secondary N) is 1. The standard InChI is InChI=1S/C19H23N5O2/c1-12-8-13(2)24(22-12)16-6-4-15(5-7-16)9-18-21-19(26-23-18)17-11-20-10-14(3)25-17/h4-8,14,17,20H,9-11H2,1-3H3/t14-,17-/m1/s1. The Bertz CT molecular complexity index is 884. The highest BCUT2D eigenvalue weighted by atomic mass is 16.5. The molecule has 0 spiro atoms. The van der Waals surface area contributed by atoms with E-state index >= 15 is 0 Å². The van der Waals surface area contributed by atoms with Gasteiger partial charge < -0.3 is 14.6 Å². The largest absolute Gasteiger partial charge is 0.363 e. The smallest absolute Gasteiger partial charge is 0.257 e. The van der Waals surface area contributed by atoms with Crippen LogP contribution in [0.5, 0.6) is 0 Å². The van der Waals surface area contributed by atoms with Crippen LogP contribution in [0, 0.1) is 13.8 Å². The molecule has 3 heterocycles. The maximum atomic E-state index is 5.85. The Morgan fingerprint density at radius 3 is 2.69 bits per heavy atom. The Hall–Kier alpha value is -2.51. The van der Waals surface area contributed by atoms with E-state index < -0.39 is 0 Å². The van der Waals surface area contributed by atoms with Gasteiger partial charge in [0.2, 0.25) is 0 Å². The molecule has 0 bridgehead atoms. The monoisotopic (exact) mass is 353 g/mol. The molecule has 1 fully saturated rings. The van der Waals surface area contributed by atoms with E-state index in [-0.39, 0.29) is 12.2 Å². The first kappa shape index (κ1) is 16.9. The van der Waals surface area contributed by atoms with Crippen LogP contribution in [0.2, 0.25) is 0 Å². The third kappa shape index (κ3) is 3.54. The molecular weight excluding hydrogens is 330 g/mol. The molecule has 3 aromatic rings. The molecule has 7 heteroatoms. The summed E-state index contributed by atoms with van der Waals surface area (Å²) in [5.41, 5.74) is 4.30. The first-order valence-electron chi connectivity index (χ1n) is 8.90. The van der Waals surface area contributed by atoms with Crippen LogP contribution in [0.15, 0.2) is 34.9 Å². The van der Waals surface area contributed by atoms with E-state index in [2.05, 4.69) is 57.8 Å². The molecule has 1 saturated heterocycles. The van der Waals surface area contributed by atoms with Crippen molar-refractivity contribution in [3.05, 3.63) is 59.0 Å². The van der Waals surface area contributed by atoms with Crippen LogP contribution in [0.1, 0.15) is 41.7 Å². The lowest BCUT2D eigenvalue weighted by Gasteiger charge is -2.25. The number of ether oxygens (including phenoxy) is 1. The molecule has 0 aliphatic carbocycles. The molecule has 2 atom stereocenters. The molecule has 0 unspecified atom stereocenters. The van der Waals surface area contributed by atoms with Gasteiger partial charge in [0, 0.05) is 25.2 Å². The maximum absolute atomic E-state index is 5.85. The summed E-state index contributed by atoms with van der Waals surface area (Å²) in [5.74, 6) is 1.21. The zero-order valence-electron chi connectivity index (χ0n) is 15.3. The van der Waals surface area contributed by atoms with Crippen molar-refractivity contribution in [3.8, 4) is 5.69 Å². The van der Waals surface area contributed by atoms with Gasteiger partial charge in [-0.25, -0.2) is 4.68 Å². The van der Waals surface area contributed by atoms with Crippen LogP contribution in [0.3, 0.4) is 0 Å². The Balaban J connectivity index is 1.45. The zero-order chi connectivity index (χ0) is 18.1. The van der Waals surface area contributed by atoms with Crippen LogP contribution >= 0.6 is 0 Å². The minimum Gasteiger partial charge on any atom is -0.363 e. The molecule has 1 aliphatic heterocycles. The average Bonchev–Trinajstić information content (AvgIpc) is 3.22. The molecule has 1 N–H and O–H groups in total. The maximum Gasteiger partial charge on any atom is 0.257 e. The molecular formula is C19H23N5O2. The molecule has 4 rings (SSSR count). The summed E-state index contributed by atoms with van der Waals surface area (Å²) in [5, 5.41) is 11.9. The van der Waals surface area contributed by atoms with Gasteiger partial charge in [0.15, 0.2) is 5.82 Å². The van der Waals surface area contributed by atoms with Gasteiger partial charge in [-0.15, -0.1) is 0 Å². The second-order valence-corrected chi connectivity index (χ2v) is 6.82.